The molecule has 25 heavy (non-hydrogen) atoms. The zero-order valence-electron chi connectivity index (χ0n) is 13.2. The molecule has 0 bridgehead atoms. The average molecular weight is 465 g/mol. The lowest BCUT2D eigenvalue weighted by molar-refractivity contribution is -0.137. The molecule has 2 aromatic carbocycles. The molecule has 4 nitrogen and oxygen atoms in total. The molecule has 0 radical (unpaired) electrons. The second-order valence-electron chi connectivity index (χ2n) is 4.98. The largest absolute Gasteiger partial charge is 0.489 e. The first-order valence-electron chi connectivity index (χ1n) is 7.22. The minimum Gasteiger partial charge on any atom is -0.489 e. The van der Waals surface area contributed by atoms with Gasteiger partial charge in [0.2, 0.25) is 0 Å². The lowest BCUT2D eigenvalue weighted by Crippen LogP contribution is -2.16. The number of hydrogen-bond donors (Lipinski definition) is 1. The number of methoxy groups -OCH3 is 1. The normalized spacial score (nSPS) is 11.2. The summed E-state index contributed by atoms with van der Waals surface area (Å²) < 4.78 is 49.8. The predicted molar refractivity (Wildman–Crippen MR) is 95.9 cm³/mol. The Morgan fingerprint density at radius 2 is 1.88 bits per heavy atom. The molecule has 0 unspecified atom stereocenters. The summed E-state index contributed by atoms with van der Waals surface area (Å²) >= 11 is 1.99. The molecule has 8 heteroatoms. The SMILES string of the molecule is COCCOc1ccc(C(F)(F)F)cc1NC(=O)c1ccccc1I. The number of ether oxygens (including phenoxy) is 2. The first kappa shape index (κ1) is 19.5. The number of rotatable bonds is 6. The third-order valence-electron chi connectivity index (χ3n) is 3.22. The van der Waals surface area contributed by atoms with Crippen molar-refractivity contribution in [2.24, 2.45) is 0 Å². The first-order valence-corrected chi connectivity index (χ1v) is 8.29. The van der Waals surface area contributed by atoms with Gasteiger partial charge in [0.1, 0.15) is 12.4 Å². The molecular formula is C17H15F3INO3. The van der Waals surface area contributed by atoms with Gasteiger partial charge in [-0.25, -0.2) is 0 Å². The van der Waals surface area contributed by atoms with Crippen LogP contribution in [-0.2, 0) is 10.9 Å². The fourth-order valence-corrected chi connectivity index (χ4v) is 2.63. The van der Waals surface area contributed by atoms with Crippen molar-refractivity contribution in [3.63, 3.8) is 0 Å². The van der Waals surface area contributed by atoms with Crippen molar-refractivity contribution in [1.82, 2.24) is 0 Å². The highest BCUT2D eigenvalue weighted by atomic mass is 127. The average Bonchev–Trinajstić information content (AvgIpc) is 2.55. The summed E-state index contributed by atoms with van der Waals surface area (Å²) in [5.74, 6) is -0.370. The summed E-state index contributed by atoms with van der Waals surface area (Å²) in [6.07, 6.45) is -4.52. The van der Waals surface area contributed by atoms with Gasteiger partial charge < -0.3 is 14.8 Å². The zero-order chi connectivity index (χ0) is 18.4. The number of carbonyl (C=O) groups is 1. The van der Waals surface area contributed by atoms with Gasteiger partial charge >= 0.3 is 6.18 Å². The Kier molecular flexibility index (Phi) is 6.65. The van der Waals surface area contributed by atoms with Gasteiger partial charge in [-0.3, -0.25) is 4.79 Å². The van der Waals surface area contributed by atoms with Crippen LogP contribution in [0.5, 0.6) is 5.75 Å². The lowest BCUT2D eigenvalue weighted by atomic mass is 10.1. The summed E-state index contributed by atoms with van der Waals surface area (Å²) in [5.41, 5.74) is -0.552. The number of alkyl halides is 3. The Labute approximate surface area is 156 Å². The Morgan fingerprint density at radius 1 is 1.16 bits per heavy atom. The van der Waals surface area contributed by atoms with Crippen molar-refractivity contribution in [2.45, 2.75) is 6.18 Å². The molecule has 1 amide bonds. The third kappa shape index (κ3) is 5.33. The van der Waals surface area contributed by atoms with Gasteiger partial charge in [-0.2, -0.15) is 13.2 Å². The van der Waals surface area contributed by atoms with E-state index >= 15 is 0 Å². The first-order chi connectivity index (χ1) is 11.8. The Bertz CT molecular complexity index is 750. The smallest absolute Gasteiger partial charge is 0.416 e. The van der Waals surface area contributed by atoms with Crippen LogP contribution in [0, 0.1) is 3.57 Å². The van der Waals surface area contributed by atoms with E-state index in [2.05, 4.69) is 5.32 Å². The molecule has 0 heterocycles. The van der Waals surface area contributed by atoms with E-state index in [4.69, 9.17) is 9.47 Å². The maximum atomic E-state index is 13.0. The highest BCUT2D eigenvalue weighted by Crippen LogP contribution is 2.35. The van der Waals surface area contributed by atoms with E-state index in [0.29, 0.717) is 9.13 Å². The van der Waals surface area contributed by atoms with Gasteiger partial charge in [0, 0.05) is 10.7 Å². The number of amides is 1. The molecule has 0 spiro atoms. The van der Waals surface area contributed by atoms with Crippen molar-refractivity contribution in [3.8, 4) is 5.75 Å². The van der Waals surface area contributed by atoms with Crippen molar-refractivity contribution in [1.29, 1.82) is 0 Å². The third-order valence-corrected chi connectivity index (χ3v) is 4.16. The second-order valence-corrected chi connectivity index (χ2v) is 6.15. The van der Waals surface area contributed by atoms with Crippen LogP contribution < -0.4 is 10.1 Å². The lowest BCUT2D eigenvalue weighted by Gasteiger charge is -2.15. The highest BCUT2D eigenvalue weighted by Gasteiger charge is 2.31. The van der Waals surface area contributed by atoms with E-state index in [1.807, 2.05) is 22.6 Å². The standard InChI is InChI=1S/C17H15F3INO3/c1-24-8-9-25-15-7-6-11(17(18,19)20)10-14(15)22-16(23)12-4-2-3-5-13(12)21/h2-7,10H,8-9H2,1H3,(H,22,23). The molecule has 0 aromatic heterocycles. The van der Waals surface area contributed by atoms with Crippen LogP contribution in [-0.4, -0.2) is 26.2 Å². The quantitative estimate of drug-likeness (QED) is 0.502. The maximum Gasteiger partial charge on any atom is 0.416 e. The van der Waals surface area contributed by atoms with Crippen LogP contribution in [0.15, 0.2) is 42.5 Å². The summed E-state index contributed by atoms with van der Waals surface area (Å²) in [6.45, 7) is 0.415. The molecular weight excluding hydrogens is 450 g/mol. The highest BCUT2D eigenvalue weighted by molar-refractivity contribution is 14.1. The summed E-state index contributed by atoms with van der Waals surface area (Å²) in [5, 5.41) is 2.50. The van der Waals surface area contributed by atoms with Gasteiger partial charge in [0.15, 0.2) is 0 Å². The van der Waals surface area contributed by atoms with E-state index in [1.54, 1.807) is 24.3 Å². The van der Waals surface area contributed by atoms with Crippen LogP contribution in [0.2, 0.25) is 0 Å². The molecule has 0 aliphatic carbocycles. The van der Waals surface area contributed by atoms with Crippen LogP contribution in [0.4, 0.5) is 18.9 Å². The van der Waals surface area contributed by atoms with Crippen LogP contribution in [0.3, 0.4) is 0 Å². The summed E-state index contributed by atoms with van der Waals surface area (Å²) in [4.78, 5) is 12.4. The molecule has 2 rings (SSSR count). The zero-order valence-corrected chi connectivity index (χ0v) is 15.3. The van der Waals surface area contributed by atoms with Gasteiger partial charge in [0.25, 0.3) is 5.91 Å². The minimum absolute atomic E-state index is 0.0458. The number of carbonyl (C=O) groups excluding carboxylic acids is 1. The molecule has 0 atom stereocenters. The summed E-state index contributed by atoms with van der Waals surface area (Å²) in [7, 11) is 1.48. The van der Waals surface area contributed by atoms with Crippen molar-refractivity contribution in [3.05, 3.63) is 57.2 Å². The van der Waals surface area contributed by atoms with Crippen molar-refractivity contribution < 1.29 is 27.4 Å². The molecule has 1 N–H and O–H groups in total. The maximum absolute atomic E-state index is 13.0. The topological polar surface area (TPSA) is 47.6 Å². The molecule has 0 saturated heterocycles. The van der Waals surface area contributed by atoms with Gasteiger partial charge in [-0.05, 0) is 52.9 Å². The van der Waals surface area contributed by atoms with Crippen LogP contribution in [0.25, 0.3) is 0 Å². The van der Waals surface area contributed by atoms with Crippen LogP contribution >= 0.6 is 22.6 Å². The Balaban J connectivity index is 2.31. The Morgan fingerprint density at radius 3 is 2.52 bits per heavy atom. The van der Waals surface area contributed by atoms with Gasteiger partial charge in [-0.15, -0.1) is 0 Å². The van der Waals surface area contributed by atoms with E-state index in [-0.39, 0.29) is 24.7 Å². The monoisotopic (exact) mass is 465 g/mol. The number of halogens is 4. The number of benzene rings is 2. The van der Waals surface area contributed by atoms with Crippen molar-refractivity contribution in [2.75, 3.05) is 25.6 Å². The number of hydrogen-bond acceptors (Lipinski definition) is 3. The van der Waals surface area contributed by atoms with E-state index in [9.17, 15) is 18.0 Å². The summed E-state index contributed by atoms with van der Waals surface area (Å²) in [6, 6.07) is 9.72. The van der Waals surface area contributed by atoms with Gasteiger partial charge in [0.05, 0.1) is 23.4 Å². The predicted octanol–water partition coefficient (Wildman–Crippen LogP) is 4.59. The molecule has 2 aromatic rings. The number of nitrogens with one attached hydrogen (secondary N) is 1. The van der Waals surface area contributed by atoms with E-state index < -0.39 is 17.6 Å². The van der Waals surface area contributed by atoms with E-state index in [0.717, 1.165) is 12.1 Å². The fourth-order valence-electron chi connectivity index (χ4n) is 2.00. The molecule has 0 saturated carbocycles. The van der Waals surface area contributed by atoms with E-state index in [1.165, 1.54) is 13.2 Å². The fraction of sp³-hybridized carbons (Fsp3) is 0.235. The molecule has 134 valence electrons. The second kappa shape index (κ2) is 8.52. The number of anilines is 1. The van der Waals surface area contributed by atoms with Gasteiger partial charge in [-0.1, -0.05) is 12.1 Å². The molecule has 0 aliphatic rings. The minimum atomic E-state index is -4.52. The molecule has 0 fully saturated rings. The molecule has 0 aliphatic heterocycles. The van der Waals surface area contributed by atoms with Crippen LogP contribution in [0.1, 0.15) is 15.9 Å². The Hall–Kier alpha value is -1.81. The van der Waals surface area contributed by atoms with Crippen molar-refractivity contribution >= 4 is 34.2 Å².